The molecule has 0 aliphatic rings. The first-order chi connectivity index (χ1) is 17.5. The maximum atomic E-state index is 11.8. The van der Waals surface area contributed by atoms with Crippen LogP contribution in [-0.2, 0) is 33.1 Å². The molecule has 0 aliphatic carbocycles. The molecule has 210 valence electrons. The number of H-pyrrole nitrogens is 1. The molecule has 1 aromatic heterocycles. The summed E-state index contributed by atoms with van der Waals surface area (Å²) in [6.07, 6.45) is 16.7. The van der Waals surface area contributed by atoms with Gasteiger partial charge in [0.1, 0.15) is 5.82 Å². The molecule has 0 aliphatic heterocycles. The van der Waals surface area contributed by atoms with Crippen molar-refractivity contribution in [1.82, 2.24) is 9.97 Å². The molecule has 2 aromatic rings. The van der Waals surface area contributed by atoms with E-state index in [2.05, 4.69) is 16.9 Å². The number of nitrogens with one attached hydrogen (secondary N) is 1. The van der Waals surface area contributed by atoms with Crippen LogP contribution in [0.5, 0.6) is 0 Å². The summed E-state index contributed by atoms with van der Waals surface area (Å²) in [5, 5.41) is 0. The second-order valence-electron chi connectivity index (χ2n) is 9.88. The van der Waals surface area contributed by atoms with Crippen molar-refractivity contribution >= 4 is 48.4 Å². The summed E-state index contributed by atoms with van der Waals surface area (Å²) in [6.45, 7) is 2.24. The lowest BCUT2D eigenvalue weighted by Gasteiger charge is -2.07. The zero-order valence-corrected chi connectivity index (χ0v) is 24.3. The second-order valence-corrected chi connectivity index (χ2v) is 13.5. The van der Waals surface area contributed by atoms with Gasteiger partial charge >= 0.3 is 0 Å². The first-order valence-electron chi connectivity index (χ1n) is 13.5. The van der Waals surface area contributed by atoms with Gasteiger partial charge in [-0.3, -0.25) is 9.11 Å². The predicted molar refractivity (Wildman–Crippen MR) is 153 cm³/mol. The Kier molecular flexibility index (Phi) is 13.7. The summed E-state index contributed by atoms with van der Waals surface area (Å²) < 4.78 is 64.0. The van der Waals surface area contributed by atoms with Gasteiger partial charge in [0.25, 0.3) is 20.2 Å². The Morgan fingerprint density at radius 2 is 1.43 bits per heavy atom. The van der Waals surface area contributed by atoms with Crippen LogP contribution in [0.15, 0.2) is 17.0 Å². The number of nitrogens with zero attached hydrogens (tertiary/aromatic N) is 1. The summed E-state index contributed by atoms with van der Waals surface area (Å²) in [7, 11) is -8.49. The Morgan fingerprint density at radius 3 is 1.97 bits per heavy atom. The smallest absolute Gasteiger partial charge is 0.294 e. The number of aromatic nitrogens is 2. The third-order valence-corrected chi connectivity index (χ3v) is 8.48. The van der Waals surface area contributed by atoms with Crippen molar-refractivity contribution in [3.05, 3.63) is 23.5 Å². The Labute approximate surface area is 227 Å². The van der Waals surface area contributed by atoms with Gasteiger partial charge in [-0.1, -0.05) is 89.8 Å². The van der Waals surface area contributed by atoms with E-state index < -0.39 is 26.0 Å². The SMILES string of the molecule is CCCCCCCCCCCCCCC(=S)Cc1cc(S(=O)(=O)O)cc2[nH]c(CCCS(=O)(=O)O)nc12. The number of aryl methyl sites for hydroxylation is 1. The average Bonchev–Trinajstić information content (AvgIpc) is 3.21. The van der Waals surface area contributed by atoms with Crippen molar-refractivity contribution in [2.45, 2.75) is 115 Å². The van der Waals surface area contributed by atoms with Crippen LogP contribution in [0.2, 0.25) is 0 Å². The Bertz CT molecular complexity index is 1210. The molecular formula is C26H42N2O6S3. The van der Waals surface area contributed by atoms with Gasteiger partial charge in [0.15, 0.2) is 0 Å². The van der Waals surface area contributed by atoms with Crippen molar-refractivity contribution in [1.29, 1.82) is 0 Å². The van der Waals surface area contributed by atoms with Crippen molar-refractivity contribution in [3.8, 4) is 0 Å². The lowest BCUT2D eigenvalue weighted by molar-refractivity contribution is 0.479. The fourth-order valence-electron chi connectivity index (χ4n) is 4.50. The molecule has 37 heavy (non-hydrogen) atoms. The molecule has 0 bridgehead atoms. The minimum atomic E-state index is -4.42. The number of benzene rings is 1. The number of unbranched alkanes of at least 4 members (excludes halogenated alkanes) is 11. The molecule has 11 heteroatoms. The topological polar surface area (TPSA) is 137 Å². The number of aromatic amines is 1. The fraction of sp³-hybridized carbons (Fsp3) is 0.692. The van der Waals surface area contributed by atoms with Gasteiger partial charge in [-0.15, -0.1) is 0 Å². The summed E-state index contributed by atoms with van der Waals surface area (Å²) in [5.41, 5.74) is 1.58. The highest BCUT2D eigenvalue weighted by Gasteiger charge is 2.17. The molecule has 1 aromatic carbocycles. The van der Waals surface area contributed by atoms with Gasteiger partial charge in [-0.05, 0) is 41.8 Å². The van der Waals surface area contributed by atoms with Gasteiger partial charge in [-0.25, -0.2) is 4.98 Å². The zero-order chi connectivity index (χ0) is 27.3. The molecule has 0 atom stereocenters. The van der Waals surface area contributed by atoms with E-state index in [-0.39, 0.29) is 17.7 Å². The number of imidazole rings is 1. The molecule has 0 fully saturated rings. The Morgan fingerprint density at radius 1 is 0.865 bits per heavy atom. The third-order valence-electron chi connectivity index (χ3n) is 6.50. The number of rotatable bonds is 20. The van der Waals surface area contributed by atoms with E-state index in [1.165, 1.54) is 76.3 Å². The van der Waals surface area contributed by atoms with Gasteiger partial charge in [0.2, 0.25) is 0 Å². The minimum absolute atomic E-state index is 0.163. The molecule has 0 unspecified atom stereocenters. The van der Waals surface area contributed by atoms with Crippen LogP contribution in [0.25, 0.3) is 11.0 Å². The van der Waals surface area contributed by atoms with Gasteiger partial charge < -0.3 is 4.98 Å². The lowest BCUT2D eigenvalue weighted by Crippen LogP contribution is -2.05. The number of hydrogen-bond donors (Lipinski definition) is 3. The maximum absolute atomic E-state index is 11.8. The van der Waals surface area contributed by atoms with E-state index in [9.17, 15) is 21.4 Å². The van der Waals surface area contributed by atoms with Crippen LogP contribution in [0.3, 0.4) is 0 Å². The van der Waals surface area contributed by atoms with Crippen molar-refractivity contribution in [2.24, 2.45) is 0 Å². The fourth-order valence-corrected chi connectivity index (χ4v) is 5.87. The highest BCUT2D eigenvalue weighted by molar-refractivity contribution is 7.86. The predicted octanol–water partition coefficient (Wildman–Crippen LogP) is 6.63. The van der Waals surface area contributed by atoms with Crippen LogP contribution in [0.4, 0.5) is 0 Å². The number of fused-ring (bicyclic) bond motifs is 1. The molecule has 1 heterocycles. The van der Waals surface area contributed by atoms with Crippen LogP contribution in [-0.4, -0.2) is 46.5 Å². The normalized spacial score (nSPS) is 12.4. The summed E-state index contributed by atoms with van der Waals surface area (Å²) in [4.78, 5) is 8.06. The molecule has 8 nitrogen and oxygen atoms in total. The van der Waals surface area contributed by atoms with E-state index >= 15 is 0 Å². The van der Waals surface area contributed by atoms with E-state index in [1.54, 1.807) is 0 Å². The van der Waals surface area contributed by atoms with Crippen molar-refractivity contribution < 1.29 is 25.9 Å². The molecule has 0 spiro atoms. The molecule has 2 rings (SSSR count). The van der Waals surface area contributed by atoms with E-state index in [1.807, 2.05) is 0 Å². The first kappa shape index (κ1) is 31.8. The minimum Gasteiger partial charge on any atom is -0.342 e. The maximum Gasteiger partial charge on any atom is 0.294 e. The third kappa shape index (κ3) is 12.8. The first-order valence-corrected chi connectivity index (χ1v) is 16.9. The summed E-state index contributed by atoms with van der Waals surface area (Å²) in [5.74, 6) is 0.0790. The van der Waals surface area contributed by atoms with Crippen LogP contribution >= 0.6 is 12.2 Å². The molecule has 0 radical (unpaired) electrons. The Hall–Kier alpha value is -1.40. The molecular weight excluding hydrogens is 532 g/mol. The molecule has 3 N–H and O–H groups in total. The zero-order valence-electron chi connectivity index (χ0n) is 21.9. The molecule has 0 saturated heterocycles. The van der Waals surface area contributed by atoms with Crippen LogP contribution in [0, 0.1) is 0 Å². The Balaban J connectivity index is 1.84. The summed E-state index contributed by atoms with van der Waals surface area (Å²) >= 11 is 5.59. The van der Waals surface area contributed by atoms with Gasteiger partial charge in [0.05, 0.1) is 21.7 Å². The molecule has 0 saturated carbocycles. The average molecular weight is 575 g/mol. The van der Waals surface area contributed by atoms with Crippen LogP contribution in [0.1, 0.15) is 108 Å². The van der Waals surface area contributed by atoms with E-state index in [0.717, 1.165) is 24.1 Å². The number of thiocarbonyl (C=S) groups is 1. The second kappa shape index (κ2) is 15.9. The van der Waals surface area contributed by atoms with Gasteiger partial charge in [0, 0.05) is 12.8 Å². The van der Waals surface area contributed by atoms with Gasteiger partial charge in [-0.2, -0.15) is 16.8 Å². The molecule has 0 amide bonds. The standard InChI is InChI=1S/C26H42N2O6S3/c1-2-3-4-5-6-7-8-9-10-11-12-13-15-22(35)18-21-19-23(37(32,33)34)20-24-26(21)28-25(27-24)16-14-17-36(29,30)31/h19-20H,2-18H2,1H3,(H,27,28)(H,29,30,31)(H,32,33,34). The lowest BCUT2D eigenvalue weighted by atomic mass is 10.0. The van der Waals surface area contributed by atoms with Crippen LogP contribution < -0.4 is 0 Å². The van der Waals surface area contributed by atoms with E-state index in [4.69, 9.17) is 16.8 Å². The summed E-state index contributed by atoms with van der Waals surface area (Å²) in [6, 6.07) is 2.71. The highest BCUT2D eigenvalue weighted by Crippen LogP contribution is 2.24. The van der Waals surface area contributed by atoms with E-state index in [0.29, 0.717) is 28.8 Å². The van der Waals surface area contributed by atoms with Crippen molar-refractivity contribution in [3.63, 3.8) is 0 Å². The largest absolute Gasteiger partial charge is 0.342 e. The van der Waals surface area contributed by atoms with Crippen molar-refractivity contribution in [2.75, 3.05) is 5.75 Å². The quantitative estimate of drug-likeness (QED) is 0.0910. The monoisotopic (exact) mass is 574 g/mol. The highest BCUT2D eigenvalue weighted by atomic mass is 32.2. The number of hydrogen-bond acceptors (Lipinski definition) is 6.